The summed E-state index contributed by atoms with van der Waals surface area (Å²) in [4.78, 5) is 27.4. The second-order valence-corrected chi connectivity index (χ2v) is 7.11. The van der Waals surface area contributed by atoms with Crippen molar-refractivity contribution in [3.05, 3.63) is 64.0 Å². The molecule has 1 N–H and O–H groups in total. The van der Waals surface area contributed by atoms with Crippen LogP contribution in [0.4, 0.5) is 0 Å². The van der Waals surface area contributed by atoms with Crippen molar-refractivity contribution in [3.63, 3.8) is 0 Å². The van der Waals surface area contributed by atoms with Gasteiger partial charge in [0.2, 0.25) is 0 Å². The average Bonchev–Trinajstić information content (AvgIpc) is 3.29. The fraction of sp³-hybridized carbons (Fsp3) is 0.333. The minimum atomic E-state index is -0.283. The molecule has 0 atom stereocenters. The lowest BCUT2D eigenvalue weighted by Gasteiger charge is -2.17. The van der Waals surface area contributed by atoms with E-state index in [9.17, 15) is 4.79 Å². The molecule has 0 aromatic carbocycles. The number of hydrogen-bond acceptors (Lipinski definition) is 7. The van der Waals surface area contributed by atoms with E-state index in [0.29, 0.717) is 6.54 Å². The van der Waals surface area contributed by atoms with Crippen molar-refractivity contribution in [2.24, 2.45) is 0 Å². The summed E-state index contributed by atoms with van der Waals surface area (Å²) in [7, 11) is 0. The number of amides is 1. The molecule has 0 unspecified atom stereocenters. The van der Waals surface area contributed by atoms with E-state index in [1.54, 1.807) is 23.7 Å². The van der Waals surface area contributed by atoms with Crippen LogP contribution in [0.3, 0.4) is 0 Å². The Hall–Kier alpha value is -2.58. The molecule has 26 heavy (non-hydrogen) atoms. The van der Waals surface area contributed by atoms with Gasteiger partial charge in [0.25, 0.3) is 5.89 Å². The van der Waals surface area contributed by atoms with Crippen LogP contribution >= 0.6 is 11.3 Å². The summed E-state index contributed by atoms with van der Waals surface area (Å²) in [5.41, 5.74) is 1.87. The summed E-state index contributed by atoms with van der Waals surface area (Å²) >= 11 is 1.67. The standard InChI is InChI=1S/C18H19N5O2S/c24-17(21-11-13-1-5-19-6-2-13)18-22-14-3-8-23(9-4-15(14)25-18)12-16-20-7-10-26-16/h1-2,5-7,10H,3-4,8-9,11-12H2,(H,21,24). The van der Waals surface area contributed by atoms with E-state index in [0.717, 1.165) is 54.5 Å². The van der Waals surface area contributed by atoms with Crippen LogP contribution in [0.1, 0.15) is 32.7 Å². The lowest BCUT2D eigenvalue weighted by molar-refractivity contribution is 0.0914. The molecular formula is C18H19N5O2S. The van der Waals surface area contributed by atoms with Gasteiger partial charge in [-0.2, -0.15) is 0 Å². The molecule has 0 bridgehead atoms. The molecule has 7 nitrogen and oxygen atoms in total. The zero-order valence-corrected chi connectivity index (χ0v) is 15.0. The summed E-state index contributed by atoms with van der Waals surface area (Å²) in [6.07, 6.45) is 6.77. The molecule has 134 valence electrons. The Labute approximate surface area is 155 Å². The van der Waals surface area contributed by atoms with E-state index in [4.69, 9.17) is 4.42 Å². The van der Waals surface area contributed by atoms with E-state index in [1.165, 1.54) is 0 Å². The molecule has 0 radical (unpaired) electrons. The smallest absolute Gasteiger partial charge is 0.307 e. The van der Waals surface area contributed by atoms with Crippen LogP contribution in [0.25, 0.3) is 0 Å². The first-order valence-corrected chi connectivity index (χ1v) is 9.42. The molecule has 4 rings (SSSR count). The monoisotopic (exact) mass is 369 g/mol. The highest BCUT2D eigenvalue weighted by atomic mass is 32.1. The molecule has 8 heteroatoms. The summed E-state index contributed by atoms with van der Waals surface area (Å²) in [6, 6.07) is 3.73. The van der Waals surface area contributed by atoms with E-state index in [1.807, 2.05) is 23.7 Å². The topological polar surface area (TPSA) is 84.2 Å². The number of nitrogens with one attached hydrogen (secondary N) is 1. The summed E-state index contributed by atoms with van der Waals surface area (Å²) in [5, 5.41) is 5.95. The van der Waals surface area contributed by atoms with Gasteiger partial charge in [0.1, 0.15) is 10.8 Å². The second kappa shape index (κ2) is 7.76. The highest BCUT2D eigenvalue weighted by Crippen LogP contribution is 2.19. The Morgan fingerprint density at radius 1 is 1.23 bits per heavy atom. The third-order valence-electron chi connectivity index (χ3n) is 4.34. The van der Waals surface area contributed by atoms with Gasteiger partial charge in [-0.15, -0.1) is 11.3 Å². The SMILES string of the molecule is O=C(NCc1ccncc1)c1nc2c(o1)CCN(Cc1nccs1)CC2. The predicted molar refractivity (Wildman–Crippen MR) is 96.7 cm³/mol. The number of hydrogen-bond donors (Lipinski definition) is 1. The zero-order chi connectivity index (χ0) is 17.8. The highest BCUT2D eigenvalue weighted by molar-refractivity contribution is 7.09. The number of rotatable bonds is 5. The fourth-order valence-corrected chi connectivity index (χ4v) is 3.60. The Balaban J connectivity index is 1.35. The fourth-order valence-electron chi connectivity index (χ4n) is 2.95. The molecule has 0 fully saturated rings. The highest BCUT2D eigenvalue weighted by Gasteiger charge is 2.23. The first kappa shape index (κ1) is 16.9. The van der Waals surface area contributed by atoms with Crippen molar-refractivity contribution in [1.82, 2.24) is 25.2 Å². The Morgan fingerprint density at radius 3 is 2.88 bits per heavy atom. The normalized spacial score (nSPS) is 14.6. The van der Waals surface area contributed by atoms with Crippen molar-refractivity contribution >= 4 is 17.2 Å². The third-order valence-corrected chi connectivity index (χ3v) is 5.10. The number of thiazole rings is 1. The molecule has 1 aliphatic heterocycles. The van der Waals surface area contributed by atoms with Crippen LogP contribution in [-0.2, 0) is 25.9 Å². The molecule has 4 heterocycles. The van der Waals surface area contributed by atoms with Gasteiger partial charge >= 0.3 is 5.91 Å². The molecule has 1 aliphatic rings. The maximum Gasteiger partial charge on any atom is 0.307 e. The zero-order valence-electron chi connectivity index (χ0n) is 14.2. The Bertz CT molecular complexity index is 838. The number of aromatic nitrogens is 3. The Kier molecular flexibility index (Phi) is 5.03. The number of nitrogens with zero attached hydrogens (tertiary/aromatic N) is 4. The van der Waals surface area contributed by atoms with Gasteiger partial charge in [-0.3, -0.25) is 14.7 Å². The minimum absolute atomic E-state index is 0.150. The minimum Gasteiger partial charge on any atom is -0.437 e. The van der Waals surface area contributed by atoms with Crippen molar-refractivity contribution in [2.45, 2.75) is 25.9 Å². The van der Waals surface area contributed by atoms with Crippen molar-refractivity contribution < 1.29 is 9.21 Å². The van der Waals surface area contributed by atoms with Crippen LogP contribution in [0.5, 0.6) is 0 Å². The van der Waals surface area contributed by atoms with Crippen LogP contribution < -0.4 is 5.32 Å². The quantitative estimate of drug-likeness (QED) is 0.741. The number of carbonyl (C=O) groups is 1. The van der Waals surface area contributed by atoms with Crippen LogP contribution in [0.15, 0.2) is 40.5 Å². The van der Waals surface area contributed by atoms with E-state index >= 15 is 0 Å². The lowest BCUT2D eigenvalue weighted by Crippen LogP contribution is -2.26. The van der Waals surface area contributed by atoms with Crippen molar-refractivity contribution in [2.75, 3.05) is 13.1 Å². The molecule has 0 aliphatic carbocycles. The van der Waals surface area contributed by atoms with Crippen LogP contribution in [0, 0.1) is 0 Å². The summed E-state index contributed by atoms with van der Waals surface area (Å²) < 4.78 is 5.74. The van der Waals surface area contributed by atoms with E-state index < -0.39 is 0 Å². The van der Waals surface area contributed by atoms with Gasteiger partial charge in [0.05, 0.1) is 12.2 Å². The van der Waals surface area contributed by atoms with Gasteiger partial charge in [-0.05, 0) is 17.7 Å². The van der Waals surface area contributed by atoms with Gasteiger partial charge in [-0.1, -0.05) is 0 Å². The number of oxazole rings is 1. The maximum absolute atomic E-state index is 12.3. The Morgan fingerprint density at radius 2 is 2.08 bits per heavy atom. The van der Waals surface area contributed by atoms with Gasteiger partial charge in [0.15, 0.2) is 0 Å². The predicted octanol–water partition coefficient (Wildman–Crippen LogP) is 2.06. The number of pyridine rings is 1. The number of carbonyl (C=O) groups excluding carboxylic acids is 1. The molecule has 0 saturated carbocycles. The lowest BCUT2D eigenvalue weighted by atomic mass is 10.2. The van der Waals surface area contributed by atoms with Crippen LogP contribution in [-0.4, -0.2) is 38.8 Å². The van der Waals surface area contributed by atoms with Crippen LogP contribution in [0.2, 0.25) is 0 Å². The van der Waals surface area contributed by atoms with Crippen molar-refractivity contribution in [1.29, 1.82) is 0 Å². The molecule has 0 spiro atoms. The van der Waals surface area contributed by atoms with Gasteiger partial charge in [0, 0.05) is 56.4 Å². The largest absolute Gasteiger partial charge is 0.437 e. The molecule has 1 amide bonds. The molecule has 3 aromatic rings. The van der Waals surface area contributed by atoms with E-state index in [-0.39, 0.29) is 11.8 Å². The summed E-state index contributed by atoms with van der Waals surface area (Å²) in [5.74, 6) is 0.688. The van der Waals surface area contributed by atoms with Gasteiger partial charge in [-0.25, -0.2) is 9.97 Å². The number of fused-ring (bicyclic) bond motifs is 1. The maximum atomic E-state index is 12.3. The third kappa shape index (κ3) is 3.97. The molecule has 0 saturated heterocycles. The first-order valence-electron chi connectivity index (χ1n) is 8.54. The summed E-state index contributed by atoms with van der Waals surface area (Å²) in [6.45, 7) is 3.04. The van der Waals surface area contributed by atoms with Crippen molar-refractivity contribution in [3.8, 4) is 0 Å². The second-order valence-electron chi connectivity index (χ2n) is 6.13. The average molecular weight is 369 g/mol. The molecular weight excluding hydrogens is 350 g/mol. The molecule has 3 aromatic heterocycles. The van der Waals surface area contributed by atoms with E-state index in [2.05, 4.69) is 25.2 Å². The van der Waals surface area contributed by atoms with Gasteiger partial charge < -0.3 is 9.73 Å². The first-order chi connectivity index (χ1) is 12.8.